The molecule has 1 aromatic heterocycles. The molecule has 0 unspecified atom stereocenters. The molecule has 5 nitrogen and oxygen atoms in total. The predicted octanol–water partition coefficient (Wildman–Crippen LogP) is 3.29. The van der Waals surface area contributed by atoms with Crippen LogP contribution in [0.4, 0.5) is 5.69 Å². The van der Waals surface area contributed by atoms with E-state index in [-0.39, 0.29) is 0 Å². The molecule has 2 aromatic rings. The fourth-order valence-electron chi connectivity index (χ4n) is 2.58. The van der Waals surface area contributed by atoms with E-state index < -0.39 is 5.97 Å². The largest absolute Gasteiger partial charge is 0.465 e. The Balaban J connectivity index is 1.78. The lowest BCUT2D eigenvalue weighted by atomic mass is 10.2. The number of thiophene rings is 1. The van der Waals surface area contributed by atoms with E-state index >= 15 is 0 Å². The number of likely N-dealkylation sites (N-methyl/N-ethyl adjacent to an activating group) is 1. The molecule has 128 valence electrons. The minimum absolute atomic E-state index is 0.413. The summed E-state index contributed by atoms with van der Waals surface area (Å²) in [7, 11) is 3.46. The highest BCUT2D eigenvalue weighted by atomic mass is 35.5. The van der Waals surface area contributed by atoms with Gasteiger partial charge in [-0.15, -0.1) is 11.3 Å². The van der Waals surface area contributed by atoms with Crippen LogP contribution in [0.2, 0.25) is 5.02 Å². The monoisotopic (exact) mass is 383 g/mol. The van der Waals surface area contributed by atoms with E-state index in [9.17, 15) is 4.79 Å². The Hall–Kier alpha value is -1.41. The molecule has 0 amide bonds. The van der Waals surface area contributed by atoms with Gasteiger partial charge in [-0.3, -0.25) is 0 Å². The van der Waals surface area contributed by atoms with Gasteiger partial charge >= 0.3 is 5.97 Å². The number of esters is 1. The van der Waals surface area contributed by atoms with Crippen molar-refractivity contribution < 1.29 is 9.53 Å². The highest BCUT2D eigenvalue weighted by Gasteiger charge is 2.19. The third kappa shape index (κ3) is 3.49. The average Bonchev–Trinajstić information content (AvgIpc) is 2.91. The van der Waals surface area contributed by atoms with Gasteiger partial charge in [0.2, 0.25) is 0 Å². The third-order valence-corrected chi connectivity index (χ3v) is 6.04. The highest BCUT2D eigenvalue weighted by molar-refractivity contribution is 7.80. The molecule has 0 aliphatic carbocycles. The molecule has 8 heteroatoms. The molecule has 1 saturated heterocycles. The number of halogens is 1. The molecular formula is C16H18ClN3O2S2. The van der Waals surface area contributed by atoms with Crippen molar-refractivity contribution in [3.05, 3.63) is 28.1 Å². The van der Waals surface area contributed by atoms with Crippen LogP contribution in [-0.2, 0) is 4.74 Å². The fourth-order valence-corrected chi connectivity index (χ4v) is 4.35. The molecule has 1 aliphatic heterocycles. The number of methoxy groups -OCH3 is 1. The molecule has 0 bridgehead atoms. The number of ether oxygens (including phenoxy) is 1. The summed E-state index contributed by atoms with van der Waals surface area (Å²) < 4.78 is 5.69. The number of carbonyl (C=O) groups is 1. The number of hydrogen-bond donors (Lipinski definition) is 1. The summed E-state index contributed by atoms with van der Waals surface area (Å²) in [5.74, 6) is -0.413. The molecule has 3 rings (SSSR count). The van der Waals surface area contributed by atoms with E-state index in [1.165, 1.54) is 18.4 Å². The first kappa shape index (κ1) is 17.4. The van der Waals surface area contributed by atoms with E-state index in [0.29, 0.717) is 9.90 Å². The van der Waals surface area contributed by atoms with Crippen LogP contribution in [0.25, 0.3) is 10.1 Å². The first-order valence-corrected chi connectivity index (χ1v) is 9.14. The van der Waals surface area contributed by atoms with Crippen LogP contribution in [0.3, 0.4) is 0 Å². The van der Waals surface area contributed by atoms with E-state index in [1.807, 2.05) is 18.2 Å². The van der Waals surface area contributed by atoms with Crippen molar-refractivity contribution in [2.75, 3.05) is 45.7 Å². The van der Waals surface area contributed by atoms with Gasteiger partial charge in [0.25, 0.3) is 0 Å². The van der Waals surface area contributed by atoms with Crippen molar-refractivity contribution in [1.82, 2.24) is 9.80 Å². The lowest BCUT2D eigenvalue weighted by Gasteiger charge is -2.34. The quantitative estimate of drug-likeness (QED) is 0.634. The number of fused-ring (bicyclic) bond motifs is 1. The Morgan fingerprint density at radius 2 is 2.04 bits per heavy atom. The van der Waals surface area contributed by atoms with Crippen molar-refractivity contribution in [3.8, 4) is 0 Å². The minimum atomic E-state index is -0.413. The summed E-state index contributed by atoms with van der Waals surface area (Å²) >= 11 is 13.1. The molecule has 1 aromatic carbocycles. The molecular weight excluding hydrogens is 366 g/mol. The molecule has 1 aliphatic rings. The van der Waals surface area contributed by atoms with Crippen LogP contribution in [0, 0.1) is 0 Å². The SMILES string of the molecule is COC(=O)c1sc2cc(NC(=S)N3CCN(C)CC3)ccc2c1Cl. The molecule has 0 atom stereocenters. The Bertz CT molecular complexity index is 785. The van der Waals surface area contributed by atoms with E-state index in [4.69, 9.17) is 28.6 Å². The minimum Gasteiger partial charge on any atom is -0.465 e. The van der Waals surface area contributed by atoms with E-state index in [2.05, 4.69) is 22.2 Å². The number of carbonyl (C=O) groups excluding carboxylic acids is 1. The number of hydrogen-bond acceptors (Lipinski definition) is 5. The normalized spacial score (nSPS) is 15.5. The number of nitrogens with zero attached hydrogens (tertiary/aromatic N) is 2. The van der Waals surface area contributed by atoms with Gasteiger partial charge in [0.1, 0.15) is 4.88 Å². The number of piperazine rings is 1. The Morgan fingerprint density at radius 3 is 2.71 bits per heavy atom. The topological polar surface area (TPSA) is 44.8 Å². The summed E-state index contributed by atoms with van der Waals surface area (Å²) in [4.78, 5) is 16.6. The standard InChI is InChI=1S/C16H18ClN3O2S2/c1-19-5-7-20(8-6-19)16(23)18-10-3-4-11-12(9-10)24-14(13(11)17)15(21)22-2/h3-4,9H,5-8H2,1-2H3,(H,18,23). The maximum atomic E-state index is 11.8. The van der Waals surface area contributed by atoms with Gasteiger partial charge in [-0.2, -0.15) is 0 Å². The molecule has 0 spiro atoms. The van der Waals surface area contributed by atoms with Gasteiger partial charge in [-0.1, -0.05) is 11.6 Å². The van der Waals surface area contributed by atoms with Crippen molar-refractivity contribution in [1.29, 1.82) is 0 Å². The van der Waals surface area contributed by atoms with Crippen molar-refractivity contribution >= 4 is 62.0 Å². The van der Waals surface area contributed by atoms with E-state index in [0.717, 1.165) is 47.1 Å². The van der Waals surface area contributed by atoms with Crippen LogP contribution in [-0.4, -0.2) is 61.2 Å². The van der Waals surface area contributed by atoms with Crippen LogP contribution < -0.4 is 5.32 Å². The molecule has 0 saturated carbocycles. The van der Waals surface area contributed by atoms with Gasteiger partial charge in [0.15, 0.2) is 5.11 Å². The molecule has 1 N–H and O–H groups in total. The summed E-state index contributed by atoms with van der Waals surface area (Å²) in [6, 6.07) is 5.78. The predicted molar refractivity (Wildman–Crippen MR) is 103 cm³/mol. The number of nitrogens with one attached hydrogen (secondary N) is 1. The molecule has 0 radical (unpaired) electrons. The van der Waals surface area contributed by atoms with Crippen LogP contribution in [0.5, 0.6) is 0 Å². The van der Waals surface area contributed by atoms with Crippen molar-refractivity contribution in [3.63, 3.8) is 0 Å². The number of thiocarbonyl (C=S) groups is 1. The lowest BCUT2D eigenvalue weighted by Crippen LogP contribution is -2.48. The Morgan fingerprint density at radius 1 is 1.33 bits per heavy atom. The number of benzene rings is 1. The van der Waals surface area contributed by atoms with Crippen LogP contribution in [0.15, 0.2) is 18.2 Å². The Kier molecular flexibility index (Phi) is 5.24. The molecule has 2 heterocycles. The highest BCUT2D eigenvalue weighted by Crippen LogP contribution is 2.37. The zero-order valence-corrected chi connectivity index (χ0v) is 15.9. The summed E-state index contributed by atoms with van der Waals surface area (Å²) in [6.45, 7) is 3.84. The van der Waals surface area contributed by atoms with Crippen molar-refractivity contribution in [2.45, 2.75) is 0 Å². The number of anilines is 1. The zero-order valence-electron chi connectivity index (χ0n) is 13.5. The second-order valence-corrected chi connectivity index (χ2v) is 7.49. The zero-order chi connectivity index (χ0) is 17.3. The smallest absolute Gasteiger partial charge is 0.349 e. The van der Waals surface area contributed by atoms with Crippen LogP contribution in [0.1, 0.15) is 9.67 Å². The third-order valence-electron chi connectivity index (χ3n) is 4.04. The fraction of sp³-hybridized carbons (Fsp3) is 0.375. The van der Waals surface area contributed by atoms with Gasteiger partial charge in [-0.05, 0) is 37.5 Å². The number of rotatable bonds is 2. The summed E-state index contributed by atoms with van der Waals surface area (Å²) in [5, 5.41) is 5.28. The second kappa shape index (κ2) is 7.23. The maximum absolute atomic E-state index is 11.8. The average molecular weight is 384 g/mol. The summed E-state index contributed by atoms with van der Waals surface area (Å²) in [6.07, 6.45) is 0. The molecule has 1 fully saturated rings. The van der Waals surface area contributed by atoms with Crippen molar-refractivity contribution in [2.24, 2.45) is 0 Å². The van der Waals surface area contributed by atoms with Gasteiger partial charge in [-0.25, -0.2) is 4.79 Å². The van der Waals surface area contributed by atoms with Gasteiger partial charge in [0.05, 0.1) is 12.1 Å². The first-order chi connectivity index (χ1) is 11.5. The summed E-state index contributed by atoms with van der Waals surface area (Å²) in [5.41, 5.74) is 0.890. The van der Waals surface area contributed by atoms with Gasteiger partial charge < -0.3 is 19.9 Å². The van der Waals surface area contributed by atoms with E-state index in [1.54, 1.807) is 0 Å². The van der Waals surface area contributed by atoms with Gasteiger partial charge in [0, 0.05) is 42.0 Å². The second-order valence-electron chi connectivity index (χ2n) is 5.67. The Labute approximate surface area is 155 Å². The lowest BCUT2D eigenvalue weighted by molar-refractivity contribution is 0.0606. The van der Waals surface area contributed by atoms with Crippen LogP contribution >= 0.6 is 35.2 Å². The maximum Gasteiger partial charge on any atom is 0.349 e. The first-order valence-electron chi connectivity index (χ1n) is 7.54. The molecule has 24 heavy (non-hydrogen) atoms.